The zero-order valence-electron chi connectivity index (χ0n) is 9.84. The molecule has 0 radical (unpaired) electrons. The lowest BCUT2D eigenvalue weighted by Gasteiger charge is -2.13. The third-order valence-corrected chi connectivity index (χ3v) is 3.26. The monoisotopic (exact) mass is 373 g/mol. The summed E-state index contributed by atoms with van der Waals surface area (Å²) in [4.78, 5) is 11.3. The lowest BCUT2D eigenvalue weighted by Crippen LogP contribution is -2.19. The van der Waals surface area contributed by atoms with E-state index in [0.717, 1.165) is 3.57 Å². The summed E-state index contributed by atoms with van der Waals surface area (Å²) in [5, 5.41) is 21.1. The average molecular weight is 373 g/mol. The number of aliphatic hydroxyl groups is 1. The molecule has 1 aromatic carbocycles. The molecule has 2 rings (SSSR count). The van der Waals surface area contributed by atoms with Crippen LogP contribution in [-0.4, -0.2) is 16.2 Å². The number of benzene rings is 1. The van der Waals surface area contributed by atoms with E-state index in [4.69, 9.17) is 9.52 Å². The van der Waals surface area contributed by atoms with Gasteiger partial charge in [0.2, 0.25) is 0 Å². The van der Waals surface area contributed by atoms with E-state index in [0.29, 0.717) is 11.3 Å². The zero-order valence-corrected chi connectivity index (χ0v) is 12.0. The maximum Gasteiger partial charge on any atom is 0.334 e. The minimum atomic E-state index is -1.04. The molecule has 5 nitrogen and oxygen atoms in total. The highest BCUT2D eigenvalue weighted by atomic mass is 127. The van der Waals surface area contributed by atoms with Crippen molar-refractivity contribution in [2.45, 2.75) is 12.6 Å². The first-order valence-electron chi connectivity index (χ1n) is 5.53. The predicted molar refractivity (Wildman–Crippen MR) is 77.8 cm³/mol. The number of halogens is 1. The Morgan fingerprint density at radius 2 is 2.05 bits per heavy atom. The SMILES string of the molecule is O=C(O)C(Nc1ccc(I)cc1)c1cc(CO)co1. The molecule has 1 heterocycles. The quantitative estimate of drug-likeness (QED) is 0.702. The van der Waals surface area contributed by atoms with Crippen LogP contribution in [-0.2, 0) is 11.4 Å². The zero-order chi connectivity index (χ0) is 13.8. The number of rotatable bonds is 5. The van der Waals surface area contributed by atoms with E-state index in [1.807, 2.05) is 12.1 Å². The van der Waals surface area contributed by atoms with E-state index >= 15 is 0 Å². The van der Waals surface area contributed by atoms with Gasteiger partial charge >= 0.3 is 5.97 Å². The smallest absolute Gasteiger partial charge is 0.334 e. The molecule has 0 aliphatic heterocycles. The first kappa shape index (κ1) is 13.9. The van der Waals surface area contributed by atoms with Gasteiger partial charge < -0.3 is 19.9 Å². The highest BCUT2D eigenvalue weighted by Crippen LogP contribution is 2.22. The first-order chi connectivity index (χ1) is 9.10. The fourth-order valence-electron chi connectivity index (χ4n) is 1.60. The van der Waals surface area contributed by atoms with Gasteiger partial charge in [-0.1, -0.05) is 0 Å². The largest absolute Gasteiger partial charge is 0.479 e. The minimum absolute atomic E-state index is 0.181. The van der Waals surface area contributed by atoms with E-state index in [-0.39, 0.29) is 12.4 Å². The van der Waals surface area contributed by atoms with Gasteiger partial charge in [0, 0.05) is 14.8 Å². The van der Waals surface area contributed by atoms with Crippen molar-refractivity contribution >= 4 is 34.2 Å². The Morgan fingerprint density at radius 1 is 1.37 bits per heavy atom. The average Bonchev–Trinajstić information content (AvgIpc) is 2.86. The number of carbonyl (C=O) groups is 1. The Balaban J connectivity index is 2.21. The van der Waals surface area contributed by atoms with E-state index in [2.05, 4.69) is 27.9 Å². The lowest BCUT2D eigenvalue weighted by atomic mass is 10.2. The summed E-state index contributed by atoms with van der Waals surface area (Å²) in [7, 11) is 0. The van der Waals surface area contributed by atoms with Gasteiger partial charge in [0.25, 0.3) is 0 Å². The van der Waals surface area contributed by atoms with Crippen LogP contribution in [0.1, 0.15) is 17.4 Å². The topological polar surface area (TPSA) is 82.7 Å². The summed E-state index contributed by atoms with van der Waals surface area (Å²) in [5.74, 6) is -0.785. The molecule has 3 N–H and O–H groups in total. The summed E-state index contributed by atoms with van der Waals surface area (Å²) >= 11 is 2.17. The molecule has 0 spiro atoms. The van der Waals surface area contributed by atoms with E-state index in [1.54, 1.807) is 12.1 Å². The van der Waals surface area contributed by atoms with Crippen LogP contribution in [0.25, 0.3) is 0 Å². The first-order valence-corrected chi connectivity index (χ1v) is 6.61. The van der Waals surface area contributed by atoms with Crippen molar-refractivity contribution in [2.24, 2.45) is 0 Å². The Kier molecular flexibility index (Phi) is 4.43. The van der Waals surface area contributed by atoms with Crippen molar-refractivity contribution in [1.29, 1.82) is 0 Å². The number of hydrogen-bond donors (Lipinski definition) is 3. The van der Waals surface area contributed by atoms with Crippen molar-refractivity contribution in [2.75, 3.05) is 5.32 Å². The molecule has 0 saturated heterocycles. The van der Waals surface area contributed by atoms with Crippen LogP contribution in [0.4, 0.5) is 5.69 Å². The van der Waals surface area contributed by atoms with Crippen molar-refractivity contribution in [3.8, 4) is 0 Å². The van der Waals surface area contributed by atoms with Crippen molar-refractivity contribution in [3.05, 3.63) is 51.5 Å². The second-order valence-electron chi connectivity index (χ2n) is 3.94. The van der Waals surface area contributed by atoms with E-state index in [9.17, 15) is 9.90 Å². The standard InChI is InChI=1S/C13H12INO4/c14-9-1-3-10(4-2-9)15-12(13(17)18)11-5-8(6-16)7-19-11/h1-5,7,12,15-16H,6H2,(H,17,18). The maximum absolute atomic E-state index is 11.3. The van der Waals surface area contributed by atoms with Crippen LogP contribution in [0.3, 0.4) is 0 Å². The fraction of sp³-hybridized carbons (Fsp3) is 0.154. The summed E-state index contributed by atoms with van der Waals surface area (Å²) in [5.41, 5.74) is 1.24. The Hall–Kier alpha value is -1.54. The minimum Gasteiger partial charge on any atom is -0.479 e. The number of hydrogen-bond acceptors (Lipinski definition) is 4. The molecule has 100 valence electrons. The second kappa shape index (κ2) is 6.07. The molecule has 0 aliphatic rings. The van der Waals surface area contributed by atoms with Gasteiger partial charge in [-0.25, -0.2) is 4.79 Å². The van der Waals surface area contributed by atoms with Crippen LogP contribution in [0.15, 0.2) is 41.0 Å². The summed E-state index contributed by atoms with van der Waals surface area (Å²) in [6, 6.07) is 7.90. The normalized spacial score (nSPS) is 12.1. The van der Waals surface area contributed by atoms with Gasteiger partial charge in [0.15, 0.2) is 6.04 Å². The van der Waals surface area contributed by atoms with Crippen LogP contribution < -0.4 is 5.32 Å². The molecule has 2 aromatic rings. The molecular formula is C13H12INO4. The van der Waals surface area contributed by atoms with Crippen molar-refractivity contribution in [1.82, 2.24) is 0 Å². The molecule has 0 saturated carbocycles. The molecule has 1 atom stereocenters. The van der Waals surface area contributed by atoms with Crippen molar-refractivity contribution in [3.63, 3.8) is 0 Å². The van der Waals surface area contributed by atoms with Crippen molar-refractivity contribution < 1.29 is 19.4 Å². The molecule has 0 aliphatic carbocycles. The molecule has 19 heavy (non-hydrogen) atoms. The molecule has 0 fully saturated rings. The molecule has 1 unspecified atom stereocenters. The van der Waals surface area contributed by atoms with Gasteiger partial charge in [-0.15, -0.1) is 0 Å². The Labute approximate surface area is 123 Å². The second-order valence-corrected chi connectivity index (χ2v) is 5.18. The van der Waals surface area contributed by atoms with Crippen LogP contribution in [0.5, 0.6) is 0 Å². The number of furan rings is 1. The highest BCUT2D eigenvalue weighted by Gasteiger charge is 2.23. The number of anilines is 1. The van der Waals surface area contributed by atoms with Gasteiger partial charge in [-0.2, -0.15) is 0 Å². The number of nitrogens with one attached hydrogen (secondary N) is 1. The molecule has 1 aromatic heterocycles. The summed E-state index contributed by atoms with van der Waals surface area (Å²) in [6.45, 7) is -0.181. The number of aliphatic hydroxyl groups excluding tert-OH is 1. The van der Waals surface area contributed by atoms with E-state index in [1.165, 1.54) is 12.3 Å². The van der Waals surface area contributed by atoms with Gasteiger partial charge in [-0.05, 0) is 52.9 Å². The number of carboxylic acid groups (broad SMARTS) is 1. The fourth-order valence-corrected chi connectivity index (χ4v) is 1.96. The number of aliphatic carboxylic acids is 1. The maximum atomic E-state index is 11.3. The van der Waals surface area contributed by atoms with Gasteiger partial charge in [0.1, 0.15) is 5.76 Å². The molecule has 0 amide bonds. The van der Waals surface area contributed by atoms with Gasteiger partial charge in [0.05, 0.1) is 12.9 Å². The van der Waals surface area contributed by atoms with Crippen LogP contribution in [0.2, 0.25) is 0 Å². The van der Waals surface area contributed by atoms with Crippen LogP contribution in [0, 0.1) is 3.57 Å². The highest BCUT2D eigenvalue weighted by molar-refractivity contribution is 14.1. The third kappa shape index (κ3) is 3.48. The molecular weight excluding hydrogens is 361 g/mol. The number of carboxylic acids is 1. The summed E-state index contributed by atoms with van der Waals surface area (Å²) < 4.78 is 6.24. The van der Waals surface area contributed by atoms with E-state index < -0.39 is 12.0 Å². The third-order valence-electron chi connectivity index (χ3n) is 2.54. The summed E-state index contributed by atoms with van der Waals surface area (Å²) in [6.07, 6.45) is 1.35. The molecule has 0 bridgehead atoms. The van der Waals surface area contributed by atoms with Gasteiger partial charge in [-0.3, -0.25) is 0 Å². The Morgan fingerprint density at radius 3 is 2.58 bits per heavy atom. The van der Waals surface area contributed by atoms with Crippen LogP contribution >= 0.6 is 22.6 Å². The lowest BCUT2D eigenvalue weighted by molar-refractivity contribution is -0.138. The Bertz CT molecular complexity index is 564. The molecule has 6 heteroatoms. The predicted octanol–water partition coefficient (Wildman–Crippen LogP) is 2.61.